The Morgan fingerprint density at radius 2 is 1.65 bits per heavy atom. The summed E-state index contributed by atoms with van der Waals surface area (Å²) in [4.78, 5) is 37.4. The molecule has 1 saturated carbocycles. The highest BCUT2D eigenvalue weighted by Crippen LogP contribution is 2.55. The number of piperidine rings is 1. The number of carbonyl (C=O) groups is 3. The number of ketones is 2. The molecule has 1 saturated heterocycles. The van der Waals surface area contributed by atoms with Crippen molar-refractivity contribution in [3.8, 4) is 0 Å². The Balaban J connectivity index is 1.50. The first-order valence-corrected chi connectivity index (χ1v) is 8.43. The van der Waals surface area contributed by atoms with Gasteiger partial charge in [-0.05, 0) is 69.9 Å². The Kier molecular flexibility index (Phi) is 3.85. The number of hydrogen-bond donors (Lipinski definition) is 0. The third-order valence-corrected chi connectivity index (χ3v) is 5.36. The minimum absolute atomic E-state index is 0.0268. The van der Waals surface area contributed by atoms with Gasteiger partial charge in [0.05, 0.1) is 5.92 Å². The minimum atomic E-state index is -0.468. The average Bonchev–Trinajstić information content (AvgIpc) is 2.74. The van der Waals surface area contributed by atoms with E-state index >= 15 is 0 Å². The van der Waals surface area contributed by atoms with Crippen LogP contribution < -0.4 is 0 Å². The fraction of sp³-hybridized carbons (Fsp3) is 0.722. The van der Waals surface area contributed by atoms with Gasteiger partial charge in [0.15, 0.2) is 11.6 Å². The molecule has 1 amide bonds. The monoisotopic (exact) mass is 319 g/mol. The summed E-state index contributed by atoms with van der Waals surface area (Å²) < 4.78 is 5.42. The number of likely N-dealkylation sites (tertiary alicyclic amines) is 1. The average molecular weight is 319 g/mol. The van der Waals surface area contributed by atoms with E-state index in [1.165, 1.54) is 12.2 Å². The maximum atomic E-state index is 12.1. The first-order valence-electron chi connectivity index (χ1n) is 8.43. The van der Waals surface area contributed by atoms with Gasteiger partial charge in [0, 0.05) is 13.1 Å². The summed E-state index contributed by atoms with van der Waals surface area (Å²) >= 11 is 0. The van der Waals surface area contributed by atoms with Crippen molar-refractivity contribution >= 4 is 17.7 Å². The van der Waals surface area contributed by atoms with Gasteiger partial charge < -0.3 is 9.64 Å². The van der Waals surface area contributed by atoms with Gasteiger partial charge in [-0.15, -0.1) is 0 Å². The van der Waals surface area contributed by atoms with E-state index < -0.39 is 11.5 Å². The standard InChI is InChI=1S/C18H25NO4/c1-17(2,3)23-16(22)19-8-6-18(7-9-19)10-12(11-18)15-13(20)4-5-14(15)21/h4-5,12,15H,6-11H2,1-3H3. The fourth-order valence-corrected chi connectivity index (χ4v) is 4.16. The lowest BCUT2D eigenvalue weighted by atomic mass is 9.54. The SMILES string of the molecule is CC(C)(C)OC(=O)N1CCC2(CC1)CC(C1C(=O)C=CC1=O)C2. The highest BCUT2D eigenvalue weighted by molar-refractivity contribution is 6.18. The molecule has 126 valence electrons. The number of allylic oxidation sites excluding steroid dienone is 2. The first-order chi connectivity index (χ1) is 10.7. The molecule has 0 aromatic carbocycles. The van der Waals surface area contributed by atoms with Gasteiger partial charge in [-0.25, -0.2) is 4.79 Å². The molecule has 2 aliphatic carbocycles. The van der Waals surface area contributed by atoms with Crippen LogP contribution in [0.3, 0.4) is 0 Å². The smallest absolute Gasteiger partial charge is 0.410 e. The predicted molar refractivity (Wildman–Crippen MR) is 84.8 cm³/mol. The van der Waals surface area contributed by atoms with Gasteiger partial charge in [0.25, 0.3) is 0 Å². The van der Waals surface area contributed by atoms with Crippen LogP contribution in [-0.2, 0) is 14.3 Å². The second-order valence-corrected chi connectivity index (χ2v) is 8.25. The molecule has 0 N–H and O–H groups in total. The lowest BCUT2D eigenvalue weighted by Gasteiger charge is -2.53. The van der Waals surface area contributed by atoms with Crippen molar-refractivity contribution in [3.63, 3.8) is 0 Å². The number of amides is 1. The lowest BCUT2D eigenvalue weighted by Crippen LogP contribution is -2.51. The van der Waals surface area contributed by atoms with Crippen molar-refractivity contribution in [2.24, 2.45) is 17.3 Å². The van der Waals surface area contributed by atoms with Gasteiger partial charge >= 0.3 is 6.09 Å². The summed E-state index contributed by atoms with van der Waals surface area (Å²) in [7, 11) is 0. The molecule has 0 aromatic rings. The second-order valence-electron chi connectivity index (χ2n) is 8.25. The third-order valence-electron chi connectivity index (χ3n) is 5.36. The topological polar surface area (TPSA) is 63.7 Å². The number of nitrogens with zero attached hydrogens (tertiary/aromatic N) is 1. The molecule has 0 atom stereocenters. The molecule has 0 unspecified atom stereocenters. The lowest BCUT2D eigenvalue weighted by molar-refractivity contribution is -0.133. The molecule has 5 nitrogen and oxygen atoms in total. The molecule has 23 heavy (non-hydrogen) atoms. The van der Waals surface area contributed by atoms with Crippen LogP contribution in [0.1, 0.15) is 46.5 Å². The largest absolute Gasteiger partial charge is 0.444 e. The highest BCUT2D eigenvalue weighted by Gasteiger charge is 2.52. The molecule has 1 aliphatic heterocycles. The van der Waals surface area contributed by atoms with Gasteiger partial charge in [0.2, 0.25) is 0 Å². The summed E-state index contributed by atoms with van der Waals surface area (Å²) in [5.74, 6) is -0.287. The van der Waals surface area contributed by atoms with E-state index in [-0.39, 0.29) is 29.0 Å². The summed E-state index contributed by atoms with van der Waals surface area (Å²) in [6, 6.07) is 0. The highest BCUT2D eigenvalue weighted by atomic mass is 16.6. The van der Waals surface area contributed by atoms with E-state index in [4.69, 9.17) is 4.74 Å². The summed E-state index contributed by atoms with van der Waals surface area (Å²) in [5.41, 5.74) is -0.254. The number of rotatable bonds is 1. The Bertz CT molecular complexity index is 538. The predicted octanol–water partition coefficient (Wildman–Crippen LogP) is 2.74. The molecule has 2 fully saturated rings. The molecule has 0 aromatic heterocycles. The van der Waals surface area contributed by atoms with Crippen LogP contribution in [-0.4, -0.2) is 41.3 Å². The summed E-state index contributed by atoms with van der Waals surface area (Å²) in [6.07, 6.45) is 6.33. The van der Waals surface area contributed by atoms with Crippen LogP contribution in [0.2, 0.25) is 0 Å². The van der Waals surface area contributed by atoms with E-state index in [0.717, 1.165) is 25.7 Å². The quantitative estimate of drug-likeness (QED) is 0.697. The summed E-state index contributed by atoms with van der Waals surface area (Å²) in [6.45, 7) is 7.02. The van der Waals surface area contributed by atoms with Crippen LogP contribution >= 0.6 is 0 Å². The molecule has 0 radical (unpaired) electrons. The number of ether oxygens (including phenoxy) is 1. The van der Waals surface area contributed by atoms with E-state index in [0.29, 0.717) is 13.1 Å². The molecule has 0 bridgehead atoms. The van der Waals surface area contributed by atoms with Crippen LogP contribution in [0.5, 0.6) is 0 Å². The molecular formula is C18H25NO4. The Morgan fingerprint density at radius 1 is 1.13 bits per heavy atom. The van der Waals surface area contributed by atoms with Gasteiger partial charge in [-0.2, -0.15) is 0 Å². The first kappa shape index (κ1) is 16.2. The number of carbonyl (C=O) groups excluding carboxylic acids is 3. The normalized spacial score (nSPS) is 25.1. The molecule has 1 spiro atoms. The zero-order valence-corrected chi connectivity index (χ0v) is 14.1. The fourth-order valence-electron chi connectivity index (χ4n) is 4.16. The Hall–Kier alpha value is -1.65. The van der Waals surface area contributed by atoms with Crippen LogP contribution in [0, 0.1) is 17.3 Å². The van der Waals surface area contributed by atoms with E-state index in [2.05, 4.69) is 0 Å². The molecule has 1 heterocycles. The summed E-state index contributed by atoms with van der Waals surface area (Å²) in [5, 5.41) is 0. The van der Waals surface area contributed by atoms with Crippen LogP contribution in [0.15, 0.2) is 12.2 Å². The van der Waals surface area contributed by atoms with Crippen molar-refractivity contribution in [2.75, 3.05) is 13.1 Å². The van der Waals surface area contributed by atoms with Crippen molar-refractivity contribution in [1.29, 1.82) is 0 Å². The van der Waals surface area contributed by atoms with Crippen molar-refractivity contribution in [3.05, 3.63) is 12.2 Å². The van der Waals surface area contributed by atoms with Crippen LogP contribution in [0.25, 0.3) is 0 Å². The maximum absolute atomic E-state index is 12.1. The van der Waals surface area contributed by atoms with Crippen molar-refractivity contribution in [2.45, 2.75) is 52.1 Å². The Labute approximate surface area is 137 Å². The zero-order chi connectivity index (χ0) is 16.8. The molecule has 5 heteroatoms. The third kappa shape index (κ3) is 3.19. The number of hydrogen-bond acceptors (Lipinski definition) is 4. The van der Waals surface area contributed by atoms with Crippen molar-refractivity contribution in [1.82, 2.24) is 4.90 Å². The van der Waals surface area contributed by atoms with Crippen LogP contribution in [0.4, 0.5) is 4.79 Å². The minimum Gasteiger partial charge on any atom is -0.444 e. The molecular weight excluding hydrogens is 294 g/mol. The van der Waals surface area contributed by atoms with E-state index in [1.807, 2.05) is 20.8 Å². The zero-order valence-electron chi connectivity index (χ0n) is 14.1. The van der Waals surface area contributed by atoms with E-state index in [1.54, 1.807) is 4.90 Å². The molecule has 3 rings (SSSR count). The van der Waals surface area contributed by atoms with Gasteiger partial charge in [-0.1, -0.05) is 0 Å². The van der Waals surface area contributed by atoms with Crippen molar-refractivity contribution < 1.29 is 19.1 Å². The molecule has 3 aliphatic rings. The Morgan fingerprint density at radius 3 is 2.13 bits per heavy atom. The van der Waals surface area contributed by atoms with Gasteiger partial charge in [0.1, 0.15) is 5.60 Å². The maximum Gasteiger partial charge on any atom is 0.410 e. The second kappa shape index (κ2) is 5.46. The van der Waals surface area contributed by atoms with E-state index in [9.17, 15) is 14.4 Å². The van der Waals surface area contributed by atoms with Gasteiger partial charge in [-0.3, -0.25) is 9.59 Å².